The molecule has 1 aliphatic rings. The van der Waals surface area contributed by atoms with Gasteiger partial charge in [-0.05, 0) is 43.3 Å². The molecule has 1 saturated heterocycles. The predicted molar refractivity (Wildman–Crippen MR) is 110 cm³/mol. The highest BCUT2D eigenvalue weighted by atomic mass is 79.9. The van der Waals surface area contributed by atoms with Crippen molar-refractivity contribution in [2.45, 2.75) is 13.5 Å². The Morgan fingerprint density at radius 1 is 1.04 bits per heavy atom. The van der Waals surface area contributed by atoms with Gasteiger partial charge in [0.25, 0.3) is 11.8 Å². The molecule has 0 atom stereocenters. The summed E-state index contributed by atoms with van der Waals surface area (Å²) >= 11 is 3.40. The lowest BCUT2D eigenvalue weighted by molar-refractivity contribution is 0.0624. The number of piperazine rings is 1. The lowest BCUT2D eigenvalue weighted by Gasteiger charge is -2.34. The lowest BCUT2D eigenvalue weighted by atomic mass is 10.1. The number of carbonyl (C=O) groups is 1. The first-order valence-electron chi connectivity index (χ1n) is 9.25. The number of halogens is 1. The molecule has 0 saturated carbocycles. The molecule has 6 nitrogen and oxygen atoms in total. The van der Waals surface area contributed by atoms with Gasteiger partial charge >= 0.3 is 0 Å². The molecule has 1 fully saturated rings. The highest BCUT2D eigenvalue weighted by Crippen LogP contribution is 2.19. The molecule has 1 amide bonds. The number of benzene rings is 2. The topological polar surface area (TPSA) is 62.5 Å². The van der Waals surface area contributed by atoms with E-state index in [9.17, 15) is 4.79 Å². The van der Waals surface area contributed by atoms with Crippen LogP contribution in [0, 0.1) is 6.92 Å². The molecule has 2 aromatic carbocycles. The van der Waals surface area contributed by atoms with Crippen molar-refractivity contribution in [1.29, 1.82) is 0 Å². The fourth-order valence-corrected chi connectivity index (χ4v) is 3.48. The van der Waals surface area contributed by atoms with Crippen LogP contribution in [0.3, 0.4) is 0 Å². The predicted octanol–water partition coefficient (Wildman–Crippen LogP) is 3.77. The van der Waals surface area contributed by atoms with Crippen molar-refractivity contribution in [1.82, 2.24) is 19.9 Å². The van der Waals surface area contributed by atoms with E-state index in [1.54, 1.807) is 0 Å². The molecule has 0 radical (unpaired) electrons. The third-order valence-electron chi connectivity index (χ3n) is 4.88. The average Bonchev–Trinajstić information content (AvgIpc) is 3.18. The Morgan fingerprint density at radius 3 is 2.39 bits per heavy atom. The van der Waals surface area contributed by atoms with Crippen molar-refractivity contribution in [2.75, 3.05) is 26.2 Å². The summed E-state index contributed by atoms with van der Waals surface area (Å²) in [5.74, 6) is 1.29. The molecule has 144 valence electrons. The van der Waals surface area contributed by atoms with Crippen molar-refractivity contribution in [3.8, 4) is 11.5 Å². The minimum Gasteiger partial charge on any atom is -0.336 e. The van der Waals surface area contributed by atoms with Gasteiger partial charge in [-0.15, -0.1) is 0 Å². The van der Waals surface area contributed by atoms with Crippen molar-refractivity contribution in [3.63, 3.8) is 0 Å². The third kappa shape index (κ3) is 4.31. The van der Waals surface area contributed by atoms with E-state index in [1.165, 1.54) is 5.56 Å². The summed E-state index contributed by atoms with van der Waals surface area (Å²) in [5, 5.41) is 4.11. The highest BCUT2D eigenvalue weighted by Gasteiger charge is 2.23. The van der Waals surface area contributed by atoms with Crippen LogP contribution < -0.4 is 0 Å². The molecule has 0 unspecified atom stereocenters. The molecule has 7 heteroatoms. The Kier molecular flexibility index (Phi) is 5.54. The maximum Gasteiger partial charge on any atom is 0.257 e. The van der Waals surface area contributed by atoms with Gasteiger partial charge in [0, 0.05) is 41.8 Å². The summed E-state index contributed by atoms with van der Waals surface area (Å²) in [7, 11) is 0. The number of amides is 1. The van der Waals surface area contributed by atoms with E-state index in [1.807, 2.05) is 60.4 Å². The van der Waals surface area contributed by atoms with E-state index < -0.39 is 0 Å². The zero-order chi connectivity index (χ0) is 19.5. The van der Waals surface area contributed by atoms with Crippen LogP contribution in [0.1, 0.15) is 21.7 Å². The molecule has 0 spiro atoms. The first kappa shape index (κ1) is 18.8. The molecule has 3 aromatic rings. The Hall–Kier alpha value is -2.51. The van der Waals surface area contributed by atoms with E-state index in [-0.39, 0.29) is 5.91 Å². The van der Waals surface area contributed by atoms with Crippen molar-refractivity contribution in [3.05, 3.63) is 70.0 Å². The first-order valence-corrected chi connectivity index (χ1v) is 10.0. The fraction of sp³-hybridized carbons (Fsp3) is 0.286. The normalized spacial score (nSPS) is 15.0. The number of rotatable bonds is 4. The second-order valence-corrected chi connectivity index (χ2v) is 7.87. The van der Waals surface area contributed by atoms with Gasteiger partial charge in [-0.3, -0.25) is 9.69 Å². The van der Waals surface area contributed by atoms with E-state index in [4.69, 9.17) is 4.52 Å². The molecule has 1 aromatic heterocycles. The maximum atomic E-state index is 12.6. The molecular weight excluding hydrogens is 420 g/mol. The first-order chi connectivity index (χ1) is 13.6. The quantitative estimate of drug-likeness (QED) is 0.617. The van der Waals surface area contributed by atoms with Crippen LogP contribution in [0.2, 0.25) is 0 Å². The van der Waals surface area contributed by atoms with Gasteiger partial charge in [0.15, 0.2) is 5.82 Å². The molecular formula is C21H21BrN4O2. The minimum absolute atomic E-state index is 0.0772. The van der Waals surface area contributed by atoms with E-state index in [2.05, 4.69) is 31.0 Å². The summed E-state index contributed by atoms with van der Waals surface area (Å²) in [6.45, 7) is 5.63. The summed E-state index contributed by atoms with van der Waals surface area (Å²) in [4.78, 5) is 21.3. The van der Waals surface area contributed by atoms with Gasteiger partial charge in [0.1, 0.15) is 0 Å². The summed E-state index contributed by atoms with van der Waals surface area (Å²) in [5.41, 5.74) is 2.84. The van der Waals surface area contributed by atoms with Gasteiger partial charge < -0.3 is 9.42 Å². The van der Waals surface area contributed by atoms with Crippen LogP contribution in [0.5, 0.6) is 0 Å². The molecule has 0 aliphatic carbocycles. The zero-order valence-corrected chi connectivity index (χ0v) is 17.2. The molecule has 0 N–H and O–H groups in total. The SMILES string of the molecule is Cc1ccc(-c2nc(CN3CCN(C(=O)c4ccc(Br)cc4)CC3)no2)cc1. The molecule has 0 bridgehead atoms. The summed E-state index contributed by atoms with van der Waals surface area (Å²) < 4.78 is 6.37. The number of aryl methyl sites for hydroxylation is 1. The van der Waals surface area contributed by atoms with Crippen LogP contribution >= 0.6 is 15.9 Å². The lowest BCUT2D eigenvalue weighted by Crippen LogP contribution is -2.48. The van der Waals surface area contributed by atoms with E-state index in [0.29, 0.717) is 31.3 Å². The zero-order valence-electron chi connectivity index (χ0n) is 15.6. The summed E-state index contributed by atoms with van der Waals surface area (Å²) in [6.07, 6.45) is 0. The number of aromatic nitrogens is 2. The van der Waals surface area contributed by atoms with E-state index >= 15 is 0 Å². The minimum atomic E-state index is 0.0772. The van der Waals surface area contributed by atoms with Crippen LogP contribution in [-0.4, -0.2) is 52.0 Å². The Bertz CT molecular complexity index is 945. The second-order valence-electron chi connectivity index (χ2n) is 6.96. The second kappa shape index (κ2) is 8.24. The van der Waals surface area contributed by atoms with Crippen LogP contribution in [0.4, 0.5) is 0 Å². The van der Waals surface area contributed by atoms with Crippen molar-refractivity contribution in [2.24, 2.45) is 0 Å². The largest absolute Gasteiger partial charge is 0.336 e. The Labute approximate surface area is 172 Å². The third-order valence-corrected chi connectivity index (χ3v) is 5.41. The van der Waals surface area contributed by atoms with Crippen molar-refractivity contribution >= 4 is 21.8 Å². The Balaban J connectivity index is 1.33. The molecule has 28 heavy (non-hydrogen) atoms. The van der Waals surface area contributed by atoms with Crippen molar-refractivity contribution < 1.29 is 9.32 Å². The molecule has 1 aliphatic heterocycles. The van der Waals surface area contributed by atoms with Gasteiger partial charge in [-0.1, -0.05) is 38.8 Å². The maximum absolute atomic E-state index is 12.6. The summed E-state index contributed by atoms with van der Waals surface area (Å²) in [6, 6.07) is 15.5. The smallest absolute Gasteiger partial charge is 0.257 e. The van der Waals surface area contributed by atoms with E-state index in [0.717, 1.165) is 28.7 Å². The Morgan fingerprint density at radius 2 is 1.71 bits per heavy atom. The number of carbonyl (C=O) groups excluding carboxylic acids is 1. The van der Waals surface area contributed by atoms with Gasteiger partial charge in [0.2, 0.25) is 0 Å². The standard InChI is InChI=1S/C21H21BrN4O2/c1-15-2-4-16(5-3-15)20-23-19(24-28-20)14-25-10-12-26(13-11-25)21(27)17-6-8-18(22)9-7-17/h2-9H,10-14H2,1H3. The highest BCUT2D eigenvalue weighted by molar-refractivity contribution is 9.10. The van der Waals surface area contributed by atoms with Gasteiger partial charge in [0.05, 0.1) is 6.54 Å². The van der Waals surface area contributed by atoms with Crippen LogP contribution in [0.15, 0.2) is 57.5 Å². The monoisotopic (exact) mass is 440 g/mol. The molecule has 2 heterocycles. The number of nitrogens with zero attached hydrogens (tertiary/aromatic N) is 4. The number of hydrogen-bond acceptors (Lipinski definition) is 5. The fourth-order valence-electron chi connectivity index (χ4n) is 3.22. The number of hydrogen-bond donors (Lipinski definition) is 0. The molecule has 4 rings (SSSR count). The van der Waals surface area contributed by atoms with Crippen LogP contribution in [-0.2, 0) is 6.54 Å². The van der Waals surface area contributed by atoms with Gasteiger partial charge in [-0.2, -0.15) is 4.98 Å². The average molecular weight is 441 g/mol. The van der Waals surface area contributed by atoms with Crippen LogP contribution in [0.25, 0.3) is 11.5 Å². The van der Waals surface area contributed by atoms with Gasteiger partial charge in [-0.25, -0.2) is 0 Å².